The minimum Gasteiger partial charge on any atom is -0.493 e. The van der Waals surface area contributed by atoms with E-state index in [-0.39, 0.29) is 12.1 Å². The number of methoxy groups -OCH3 is 1. The lowest BCUT2D eigenvalue weighted by molar-refractivity contribution is 0.0771. The number of nitrogens with two attached hydrogens (primary N) is 1. The molecule has 0 saturated carbocycles. The molecule has 0 saturated heterocycles. The van der Waals surface area contributed by atoms with Crippen LogP contribution in [0.5, 0.6) is 5.75 Å². The Balaban J connectivity index is 2.19. The first kappa shape index (κ1) is 13.7. The van der Waals surface area contributed by atoms with Gasteiger partial charge < -0.3 is 15.2 Å². The van der Waals surface area contributed by atoms with E-state index in [0.29, 0.717) is 0 Å². The van der Waals surface area contributed by atoms with E-state index in [1.807, 2.05) is 12.1 Å². The first-order chi connectivity index (χ1) is 8.65. The fourth-order valence-corrected chi connectivity index (χ4v) is 2.79. The lowest BCUT2D eigenvalue weighted by atomic mass is 9.98. The third kappa shape index (κ3) is 2.79. The Hall–Kier alpha value is -0.770. The lowest BCUT2D eigenvalue weighted by Crippen LogP contribution is -2.37. The maximum Gasteiger partial charge on any atom is 0.125 e. The molecule has 1 aromatic rings. The van der Waals surface area contributed by atoms with Crippen LogP contribution in [0.4, 0.5) is 0 Å². The summed E-state index contributed by atoms with van der Waals surface area (Å²) in [4.78, 5) is 0. The molecule has 4 heteroatoms. The van der Waals surface area contributed by atoms with Crippen LogP contribution in [0.2, 0.25) is 5.02 Å². The van der Waals surface area contributed by atoms with Crippen molar-refractivity contribution in [3.8, 4) is 5.75 Å². The predicted octanol–water partition coefficient (Wildman–Crippen LogP) is 2.57. The second kappa shape index (κ2) is 5.91. The Morgan fingerprint density at radius 1 is 1.50 bits per heavy atom. The molecule has 1 aromatic carbocycles. The van der Waals surface area contributed by atoms with E-state index in [9.17, 15) is 0 Å². The Morgan fingerprint density at radius 3 is 2.94 bits per heavy atom. The van der Waals surface area contributed by atoms with E-state index in [1.165, 1.54) is 5.56 Å². The third-order valence-electron chi connectivity index (χ3n) is 3.46. The van der Waals surface area contributed by atoms with Crippen LogP contribution in [0.15, 0.2) is 12.1 Å². The van der Waals surface area contributed by atoms with Gasteiger partial charge in [-0.1, -0.05) is 18.5 Å². The minimum atomic E-state index is -0.0354. The molecule has 0 bridgehead atoms. The van der Waals surface area contributed by atoms with Gasteiger partial charge in [0.15, 0.2) is 0 Å². The summed E-state index contributed by atoms with van der Waals surface area (Å²) in [5.74, 6) is 0.973. The molecule has 2 atom stereocenters. The van der Waals surface area contributed by atoms with Crippen LogP contribution < -0.4 is 10.5 Å². The van der Waals surface area contributed by atoms with Crippen LogP contribution in [-0.2, 0) is 17.6 Å². The summed E-state index contributed by atoms with van der Waals surface area (Å²) >= 11 is 6.13. The first-order valence-corrected chi connectivity index (χ1v) is 6.76. The van der Waals surface area contributed by atoms with Gasteiger partial charge in [0.2, 0.25) is 0 Å². The molecule has 2 N–H and O–H groups in total. The number of benzene rings is 1. The Morgan fingerprint density at radius 2 is 2.28 bits per heavy atom. The molecule has 2 unspecified atom stereocenters. The van der Waals surface area contributed by atoms with E-state index in [4.69, 9.17) is 26.8 Å². The van der Waals surface area contributed by atoms with Gasteiger partial charge >= 0.3 is 0 Å². The summed E-state index contributed by atoms with van der Waals surface area (Å²) in [6.45, 7) is 2.81. The molecule has 3 nitrogen and oxygen atoms in total. The van der Waals surface area contributed by atoms with E-state index in [2.05, 4.69) is 6.92 Å². The van der Waals surface area contributed by atoms with Crippen molar-refractivity contribution in [2.45, 2.75) is 38.3 Å². The Labute approximate surface area is 113 Å². The van der Waals surface area contributed by atoms with Crippen molar-refractivity contribution in [3.05, 3.63) is 28.3 Å². The monoisotopic (exact) mass is 269 g/mol. The van der Waals surface area contributed by atoms with Crippen molar-refractivity contribution in [3.63, 3.8) is 0 Å². The van der Waals surface area contributed by atoms with E-state index in [0.717, 1.165) is 42.2 Å². The summed E-state index contributed by atoms with van der Waals surface area (Å²) in [5, 5.41) is 0.756. The molecule has 0 radical (unpaired) electrons. The predicted molar refractivity (Wildman–Crippen MR) is 73.4 cm³/mol. The summed E-state index contributed by atoms with van der Waals surface area (Å²) in [6.07, 6.45) is 2.64. The number of fused-ring (bicyclic) bond motifs is 1. The van der Waals surface area contributed by atoms with E-state index in [1.54, 1.807) is 7.11 Å². The number of hydrogen-bond acceptors (Lipinski definition) is 3. The first-order valence-electron chi connectivity index (χ1n) is 6.38. The molecular formula is C14H20ClNO2. The highest BCUT2D eigenvalue weighted by Gasteiger charge is 2.22. The fraction of sp³-hybridized carbons (Fsp3) is 0.571. The number of hydrogen-bond donors (Lipinski definition) is 1. The van der Waals surface area contributed by atoms with Crippen LogP contribution in [0, 0.1) is 0 Å². The normalized spacial score (nSPS) is 17.1. The van der Waals surface area contributed by atoms with Gasteiger partial charge in [-0.3, -0.25) is 0 Å². The van der Waals surface area contributed by atoms with Gasteiger partial charge in [-0.05, 0) is 36.1 Å². The van der Waals surface area contributed by atoms with Gasteiger partial charge in [0, 0.05) is 24.6 Å². The highest BCUT2D eigenvalue weighted by molar-refractivity contribution is 6.30. The van der Waals surface area contributed by atoms with Crippen molar-refractivity contribution in [2.24, 2.45) is 5.73 Å². The molecular weight excluding hydrogens is 250 g/mol. The molecule has 1 aliphatic heterocycles. The summed E-state index contributed by atoms with van der Waals surface area (Å²) in [7, 11) is 1.70. The molecule has 100 valence electrons. The van der Waals surface area contributed by atoms with Crippen LogP contribution >= 0.6 is 11.6 Å². The Kier molecular flexibility index (Phi) is 4.49. The lowest BCUT2D eigenvalue weighted by Gasteiger charge is -2.22. The maximum atomic E-state index is 6.19. The SMILES string of the molecule is CCC(OC)C(N)Cc1cc(Cl)cc2c1OCC2. The standard InChI is InChI=1S/C14H20ClNO2/c1-3-13(17-2)12(16)8-10-7-11(15)6-9-4-5-18-14(9)10/h6-7,12-13H,3-5,8,16H2,1-2H3. The largest absolute Gasteiger partial charge is 0.493 e. The maximum absolute atomic E-state index is 6.19. The zero-order chi connectivity index (χ0) is 13.1. The third-order valence-corrected chi connectivity index (χ3v) is 3.68. The second-order valence-corrected chi connectivity index (χ2v) is 5.14. The van der Waals surface area contributed by atoms with Crippen LogP contribution in [0.3, 0.4) is 0 Å². The van der Waals surface area contributed by atoms with Gasteiger partial charge in [0.05, 0.1) is 12.7 Å². The topological polar surface area (TPSA) is 44.5 Å². The average Bonchev–Trinajstić information content (AvgIpc) is 2.78. The molecule has 1 aliphatic rings. The van der Waals surface area contributed by atoms with Crippen LogP contribution in [-0.4, -0.2) is 25.9 Å². The molecule has 18 heavy (non-hydrogen) atoms. The quantitative estimate of drug-likeness (QED) is 0.894. The number of halogens is 1. The van der Waals surface area contributed by atoms with Gasteiger partial charge in [-0.15, -0.1) is 0 Å². The van der Waals surface area contributed by atoms with E-state index >= 15 is 0 Å². The van der Waals surface area contributed by atoms with Crippen molar-refractivity contribution in [2.75, 3.05) is 13.7 Å². The second-order valence-electron chi connectivity index (χ2n) is 4.70. The fourth-order valence-electron chi connectivity index (χ4n) is 2.53. The molecule has 0 aromatic heterocycles. The van der Waals surface area contributed by atoms with Crippen molar-refractivity contribution in [1.29, 1.82) is 0 Å². The highest BCUT2D eigenvalue weighted by atomic mass is 35.5. The summed E-state index contributed by atoms with van der Waals surface area (Å²) in [5.41, 5.74) is 8.48. The minimum absolute atomic E-state index is 0.0354. The molecule has 0 fully saturated rings. The van der Waals surface area contributed by atoms with Crippen LogP contribution in [0.1, 0.15) is 24.5 Å². The van der Waals surface area contributed by atoms with Crippen molar-refractivity contribution < 1.29 is 9.47 Å². The average molecular weight is 270 g/mol. The van der Waals surface area contributed by atoms with Gasteiger partial charge in [-0.2, -0.15) is 0 Å². The van der Waals surface area contributed by atoms with Crippen LogP contribution in [0.25, 0.3) is 0 Å². The Bertz CT molecular complexity index is 419. The summed E-state index contributed by atoms with van der Waals surface area (Å²) < 4.78 is 11.1. The summed E-state index contributed by atoms with van der Waals surface area (Å²) in [6, 6.07) is 3.90. The zero-order valence-corrected chi connectivity index (χ0v) is 11.7. The molecule has 2 rings (SSSR count). The number of ether oxygens (including phenoxy) is 2. The highest BCUT2D eigenvalue weighted by Crippen LogP contribution is 2.33. The van der Waals surface area contributed by atoms with Gasteiger partial charge in [-0.25, -0.2) is 0 Å². The molecule has 0 amide bonds. The smallest absolute Gasteiger partial charge is 0.125 e. The van der Waals surface area contributed by atoms with Gasteiger partial charge in [0.25, 0.3) is 0 Å². The van der Waals surface area contributed by atoms with E-state index < -0.39 is 0 Å². The van der Waals surface area contributed by atoms with Crippen molar-refractivity contribution >= 4 is 11.6 Å². The molecule has 1 heterocycles. The number of rotatable bonds is 5. The van der Waals surface area contributed by atoms with Crippen molar-refractivity contribution in [1.82, 2.24) is 0 Å². The molecule has 0 spiro atoms. The zero-order valence-electron chi connectivity index (χ0n) is 10.9. The molecule has 0 aliphatic carbocycles. The van der Waals surface area contributed by atoms with Gasteiger partial charge in [0.1, 0.15) is 5.75 Å².